The van der Waals surface area contributed by atoms with Crippen LogP contribution in [-0.4, -0.2) is 30.9 Å². The third kappa shape index (κ3) is 4.65. The quantitative estimate of drug-likeness (QED) is 0.704. The summed E-state index contributed by atoms with van der Waals surface area (Å²) >= 11 is 0. The van der Waals surface area contributed by atoms with Gasteiger partial charge in [-0.3, -0.25) is 14.4 Å². The maximum absolute atomic E-state index is 11.6. The van der Waals surface area contributed by atoms with Gasteiger partial charge >= 0.3 is 5.97 Å². The molecule has 0 saturated heterocycles. The molecule has 96 valence electrons. The Bertz CT molecular complexity index is 471. The molecule has 0 radical (unpaired) electrons. The molecule has 2 amide bonds. The van der Waals surface area contributed by atoms with E-state index in [1.807, 2.05) is 13.0 Å². The number of hydrogen-bond acceptors (Lipinski definition) is 4. The Kier molecular flexibility index (Phi) is 4.86. The number of carbonyl (C=O) groups excluding carboxylic acids is 3. The van der Waals surface area contributed by atoms with E-state index in [1.165, 1.54) is 0 Å². The predicted molar refractivity (Wildman–Crippen MR) is 63.7 cm³/mol. The number of benzene rings is 1. The van der Waals surface area contributed by atoms with E-state index in [-0.39, 0.29) is 12.5 Å². The van der Waals surface area contributed by atoms with Gasteiger partial charge in [0.05, 0.1) is 0 Å². The predicted octanol–water partition coefficient (Wildman–Crippen LogP) is -0.247. The van der Waals surface area contributed by atoms with Crippen LogP contribution in [0.4, 0.5) is 0 Å². The second-order valence-electron chi connectivity index (χ2n) is 3.68. The van der Waals surface area contributed by atoms with E-state index < -0.39 is 18.5 Å². The van der Waals surface area contributed by atoms with Crippen molar-refractivity contribution in [2.75, 3.05) is 13.2 Å². The van der Waals surface area contributed by atoms with Gasteiger partial charge in [-0.25, -0.2) is 0 Å². The van der Waals surface area contributed by atoms with Crippen molar-refractivity contribution in [1.82, 2.24) is 5.32 Å². The lowest BCUT2D eigenvalue weighted by atomic mass is 10.1. The molecule has 0 bridgehead atoms. The second-order valence-corrected chi connectivity index (χ2v) is 3.68. The lowest BCUT2D eigenvalue weighted by Gasteiger charge is -2.05. The number of ether oxygens (including phenoxy) is 1. The summed E-state index contributed by atoms with van der Waals surface area (Å²) in [7, 11) is 0. The minimum absolute atomic E-state index is 0.306. The molecule has 1 rings (SSSR count). The van der Waals surface area contributed by atoms with Gasteiger partial charge in [0.1, 0.15) is 6.54 Å². The van der Waals surface area contributed by atoms with Gasteiger partial charge in [-0.05, 0) is 19.1 Å². The summed E-state index contributed by atoms with van der Waals surface area (Å²) in [6.45, 7) is 1.07. The monoisotopic (exact) mass is 250 g/mol. The summed E-state index contributed by atoms with van der Waals surface area (Å²) in [6, 6.07) is 6.94. The van der Waals surface area contributed by atoms with E-state index in [2.05, 4.69) is 10.1 Å². The molecule has 0 atom stereocenters. The summed E-state index contributed by atoms with van der Waals surface area (Å²) < 4.78 is 4.49. The van der Waals surface area contributed by atoms with Gasteiger partial charge < -0.3 is 15.8 Å². The summed E-state index contributed by atoms with van der Waals surface area (Å²) in [6.07, 6.45) is 0. The number of hydrogen-bond donors (Lipinski definition) is 2. The number of aryl methyl sites for hydroxylation is 1. The van der Waals surface area contributed by atoms with Crippen LogP contribution in [0.5, 0.6) is 0 Å². The van der Waals surface area contributed by atoms with E-state index in [1.54, 1.807) is 18.2 Å². The zero-order valence-electron chi connectivity index (χ0n) is 9.93. The molecule has 18 heavy (non-hydrogen) atoms. The second kappa shape index (κ2) is 6.39. The summed E-state index contributed by atoms with van der Waals surface area (Å²) in [5.41, 5.74) is 6.20. The summed E-state index contributed by atoms with van der Waals surface area (Å²) in [5, 5.41) is 2.38. The molecule has 1 aromatic carbocycles. The number of carbonyl (C=O) groups is 3. The molecule has 0 aliphatic rings. The third-order valence-corrected chi connectivity index (χ3v) is 2.05. The molecule has 1 aromatic rings. The van der Waals surface area contributed by atoms with Crippen molar-refractivity contribution in [2.45, 2.75) is 6.92 Å². The van der Waals surface area contributed by atoms with Crippen molar-refractivity contribution in [2.24, 2.45) is 5.73 Å². The Morgan fingerprint density at radius 1 is 1.33 bits per heavy atom. The first-order valence-electron chi connectivity index (χ1n) is 5.28. The van der Waals surface area contributed by atoms with Crippen LogP contribution < -0.4 is 11.1 Å². The SMILES string of the molecule is Cc1cccc(C(=O)NCC(=O)OCC(N)=O)c1. The normalized spacial score (nSPS) is 9.61. The third-order valence-electron chi connectivity index (χ3n) is 2.05. The number of esters is 1. The molecule has 0 saturated carbocycles. The largest absolute Gasteiger partial charge is 0.454 e. The summed E-state index contributed by atoms with van der Waals surface area (Å²) in [4.78, 5) is 33.1. The highest BCUT2D eigenvalue weighted by molar-refractivity contribution is 5.96. The first kappa shape index (κ1) is 13.7. The van der Waals surface area contributed by atoms with E-state index in [0.29, 0.717) is 5.56 Å². The molecule has 6 nitrogen and oxygen atoms in total. The van der Waals surface area contributed by atoms with Crippen molar-refractivity contribution in [3.8, 4) is 0 Å². The van der Waals surface area contributed by atoms with Crippen molar-refractivity contribution >= 4 is 17.8 Å². The highest BCUT2D eigenvalue weighted by Crippen LogP contribution is 2.03. The van der Waals surface area contributed by atoms with Gasteiger partial charge in [0.25, 0.3) is 11.8 Å². The first-order chi connectivity index (χ1) is 8.49. The number of nitrogens with one attached hydrogen (secondary N) is 1. The minimum Gasteiger partial charge on any atom is -0.454 e. The Balaban J connectivity index is 2.42. The summed E-state index contributed by atoms with van der Waals surface area (Å²) in [5.74, 6) is -1.84. The van der Waals surface area contributed by atoms with Gasteiger partial charge in [0.2, 0.25) is 0 Å². The van der Waals surface area contributed by atoms with E-state index in [9.17, 15) is 14.4 Å². The fourth-order valence-electron chi connectivity index (χ4n) is 1.24. The number of primary amides is 1. The molecule has 0 unspecified atom stereocenters. The molecular weight excluding hydrogens is 236 g/mol. The van der Waals surface area contributed by atoms with Crippen molar-refractivity contribution in [3.05, 3.63) is 35.4 Å². The smallest absolute Gasteiger partial charge is 0.325 e. The molecule has 0 aliphatic heterocycles. The molecular formula is C12H14N2O4. The lowest BCUT2D eigenvalue weighted by molar-refractivity contribution is -0.146. The number of rotatable bonds is 5. The molecule has 0 aliphatic carbocycles. The number of amides is 2. The standard InChI is InChI=1S/C12H14N2O4/c1-8-3-2-4-9(5-8)12(17)14-6-11(16)18-7-10(13)15/h2-5H,6-7H2,1H3,(H2,13,15)(H,14,17). The van der Waals surface area contributed by atoms with Gasteiger partial charge in [-0.15, -0.1) is 0 Å². The van der Waals surface area contributed by atoms with E-state index in [4.69, 9.17) is 5.73 Å². The van der Waals surface area contributed by atoms with Crippen LogP contribution in [0, 0.1) is 6.92 Å². The van der Waals surface area contributed by atoms with Gasteiger partial charge in [-0.1, -0.05) is 17.7 Å². The molecule has 0 aromatic heterocycles. The van der Waals surface area contributed by atoms with Crippen LogP contribution in [-0.2, 0) is 14.3 Å². The highest BCUT2D eigenvalue weighted by Gasteiger charge is 2.09. The number of nitrogens with two attached hydrogens (primary N) is 1. The molecule has 6 heteroatoms. The van der Waals surface area contributed by atoms with Crippen molar-refractivity contribution in [1.29, 1.82) is 0 Å². The molecule has 0 fully saturated rings. The Morgan fingerprint density at radius 3 is 2.67 bits per heavy atom. The molecule has 3 N–H and O–H groups in total. The van der Waals surface area contributed by atoms with Crippen molar-refractivity contribution in [3.63, 3.8) is 0 Å². The minimum atomic E-state index is -0.742. The lowest BCUT2D eigenvalue weighted by Crippen LogP contribution is -2.32. The van der Waals surface area contributed by atoms with Gasteiger partial charge in [0, 0.05) is 5.56 Å². The average Bonchev–Trinajstić information content (AvgIpc) is 2.33. The van der Waals surface area contributed by atoms with Crippen LogP contribution in [0.2, 0.25) is 0 Å². The highest BCUT2D eigenvalue weighted by atomic mass is 16.5. The van der Waals surface area contributed by atoms with E-state index >= 15 is 0 Å². The van der Waals surface area contributed by atoms with E-state index in [0.717, 1.165) is 5.56 Å². The molecule has 0 heterocycles. The first-order valence-corrected chi connectivity index (χ1v) is 5.28. The van der Waals surface area contributed by atoms with Crippen LogP contribution >= 0.6 is 0 Å². The maximum atomic E-state index is 11.6. The topological polar surface area (TPSA) is 98.5 Å². The zero-order valence-corrected chi connectivity index (χ0v) is 9.93. The van der Waals surface area contributed by atoms with Crippen LogP contribution in [0.25, 0.3) is 0 Å². The fourth-order valence-corrected chi connectivity index (χ4v) is 1.24. The van der Waals surface area contributed by atoms with Crippen LogP contribution in [0.1, 0.15) is 15.9 Å². The Morgan fingerprint density at radius 2 is 2.06 bits per heavy atom. The average molecular weight is 250 g/mol. The zero-order chi connectivity index (χ0) is 13.5. The van der Waals surface area contributed by atoms with Gasteiger partial charge in [0.15, 0.2) is 6.61 Å². The Hall–Kier alpha value is -2.37. The van der Waals surface area contributed by atoms with Crippen LogP contribution in [0.3, 0.4) is 0 Å². The van der Waals surface area contributed by atoms with Gasteiger partial charge in [-0.2, -0.15) is 0 Å². The maximum Gasteiger partial charge on any atom is 0.325 e. The molecule has 0 spiro atoms. The Labute approximate surface area is 104 Å². The van der Waals surface area contributed by atoms with Crippen molar-refractivity contribution < 1.29 is 19.1 Å². The van der Waals surface area contributed by atoms with Crippen LogP contribution in [0.15, 0.2) is 24.3 Å². The fraction of sp³-hybridized carbons (Fsp3) is 0.250.